The summed E-state index contributed by atoms with van der Waals surface area (Å²) in [7, 11) is 0. The summed E-state index contributed by atoms with van der Waals surface area (Å²) in [6.45, 7) is 0.454. The van der Waals surface area contributed by atoms with E-state index in [1.54, 1.807) is 0 Å². The Morgan fingerprint density at radius 3 is 2.87 bits per heavy atom. The van der Waals surface area contributed by atoms with E-state index >= 15 is 0 Å². The molecule has 3 nitrogen and oxygen atoms in total. The molecule has 1 unspecified atom stereocenters. The quantitative estimate of drug-likeness (QED) is 0.796. The van der Waals surface area contributed by atoms with Gasteiger partial charge in [0.15, 0.2) is 0 Å². The van der Waals surface area contributed by atoms with Crippen LogP contribution in [0.15, 0.2) is 18.2 Å². The van der Waals surface area contributed by atoms with E-state index in [9.17, 15) is 14.3 Å². The first-order valence-electron chi connectivity index (χ1n) is 4.51. The average Bonchev–Trinajstić information content (AvgIpc) is 2.50. The van der Waals surface area contributed by atoms with Crippen molar-refractivity contribution in [2.24, 2.45) is 0 Å². The molecule has 1 aromatic carbocycles. The number of halogens is 2. The molecule has 1 N–H and O–H groups in total. The molecule has 15 heavy (non-hydrogen) atoms. The third-order valence-electron chi connectivity index (χ3n) is 2.31. The number of hydrogen-bond acceptors (Lipinski definition) is 2. The zero-order valence-corrected chi connectivity index (χ0v) is 9.37. The first-order chi connectivity index (χ1) is 7.08. The Labute approximate surface area is 94.6 Å². The highest BCUT2D eigenvalue weighted by molar-refractivity contribution is 9.09. The number of rotatable bonds is 1. The van der Waals surface area contributed by atoms with Crippen molar-refractivity contribution in [2.45, 2.75) is 11.2 Å². The Morgan fingerprint density at radius 1 is 1.53 bits per heavy atom. The number of carbonyl (C=O) groups is 1. The number of hydrogen-bond donors (Lipinski definition) is 1. The lowest BCUT2D eigenvalue weighted by atomic mass is 10.2. The minimum Gasteiger partial charge on any atom is -0.506 e. The van der Waals surface area contributed by atoms with Crippen molar-refractivity contribution in [3.05, 3.63) is 24.0 Å². The van der Waals surface area contributed by atoms with E-state index < -0.39 is 5.82 Å². The summed E-state index contributed by atoms with van der Waals surface area (Å²) in [6.07, 6.45) is 0.371. The monoisotopic (exact) mass is 273 g/mol. The standard InChI is InChI=1S/C10H9BrFNO2/c11-6-3-10(15)13(5-6)8-4-7(12)1-2-9(8)14/h1-2,4,6,14H,3,5H2. The third kappa shape index (κ3) is 1.97. The summed E-state index contributed by atoms with van der Waals surface area (Å²) >= 11 is 3.32. The van der Waals surface area contributed by atoms with Crippen LogP contribution in [0.5, 0.6) is 5.75 Å². The molecule has 1 atom stereocenters. The molecule has 1 saturated heterocycles. The Bertz CT molecular complexity index is 410. The summed E-state index contributed by atoms with van der Waals surface area (Å²) < 4.78 is 13.0. The smallest absolute Gasteiger partial charge is 0.228 e. The van der Waals surface area contributed by atoms with Crippen LogP contribution in [-0.4, -0.2) is 22.4 Å². The fourth-order valence-electron chi connectivity index (χ4n) is 1.61. The van der Waals surface area contributed by atoms with Crippen LogP contribution in [0.3, 0.4) is 0 Å². The summed E-state index contributed by atoms with van der Waals surface area (Å²) in [6, 6.07) is 3.57. The van der Waals surface area contributed by atoms with Crippen LogP contribution in [0.25, 0.3) is 0 Å². The Hall–Kier alpha value is -1.10. The van der Waals surface area contributed by atoms with Crippen LogP contribution in [0, 0.1) is 5.82 Å². The van der Waals surface area contributed by atoms with Gasteiger partial charge in [0.05, 0.1) is 5.69 Å². The van der Waals surface area contributed by atoms with Crippen LogP contribution in [-0.2, 0) is 4.79 Å². The van der Waals surface area contributed by atoms with E-state index in [1.165, 1.54) is 11.0 Å². The summed E-state index contributed by atoms with van der Waals surface area (Å²) in [5, 5.41) is 9.52. The Morgan fingerprint density at radius 2 is 2.27 bits per heavy atom. The number of carbonyl (C=O) groups excluding carboxylic acids is 1. The molecule has 1 amide bonds. The number of benzene rings is 1. The zero-order chi connectivity index (χ0) is 11.0. The molecule has 0 bridgehead atoms. The molecule has 0 radical (unpaired) electrons. The number of nitrogens with zero attached hydrogens (tertiary/aromatic N) is 1. The molecule has 2 rings (SSSR count). The first-order valence-corrected chi connectivity index (χ1v) is 5.42. The summed E-state index contributed by atoms with van der Waals surface area (Å²) in [4.78, 5) is 13.0. The molecule has 1 heterocycles. The molecule has 0 aromatic heterocycles. The number of amides is 1. The molecule has 1 aliphatic rings. The van der Waals surface area contributed by atoms with Gasteiger partial charge in [-0.3, -0.25) is 4.79 Å². The van der Waals surface area contributed by atoms with E-state index in [4.69, 9.17) is 0 Å². The SMILES string of the molecule is O=C1CC(Br)CN1c1cc(F)ccc1O. The molecule has 0 spiro atoms. The van der Waals surface area contributed by atoms with Crippen LogP contribution < -0.4 is 4.90 Å². The number of alkyl halides is 1. The molecule has 1 fully saturated rings. The second kappa shape index (κ2) is 3.81. The number of anilines is 1. The van der Waals surface area contributed by atoms with Gasteiger partial charge in [0.1, 0.15) is 11.6 Å². The normalized spacial score (nSPS) is 21.1. The second-order valence-corrected chi connectivity index (χ2v) is 4.73. The summed E-state index contributed by atoms with van der Waals surface area (Å²) in [5.41, 5.74) is 0.238. The lowest BCUT2D eigenvalue weighted by Gasteiger charge is -2.17. The topological polar surface area (TPSA) is 40.5 Å². The van der Waals surface area contributed by atoms with Gasteiger partial charge in [0, 0.05) is 23.9 Å². The van der Waals surface area contributed by atoms with Gasteiger partial charge in [-0.2, -0.15) is 0 Å². The molecule has 1 aromatic rings. The van der Waals surface area contributed by atoms with Crippen molar-refractivity contribution in [2.75, 3.05) is 11.4 Å². The fraction of sp³-hybridized carbons (Fsp3) is 0.300. The van der Waals surface area contributed by atoms with Crippen molar-refractivity contribution in [3.8, 4) is 5.75 Å². The molecule has 80 valence electrons. The maximum Gasteiger partial charge on any atom is 0.228 e. The highest BCUT2D eigenvalue weighted by Gasteiger charge is 2.30. The van der Waals surface area contributed by atoms with Gasteiger partial charge in [-0.05, 0) is 12.1 Å². The van der Waals surface area contributed by atoms with Crippen molar-refractivity contribution in [1.29, 1.82) is 0 Å². The van der Waals surface area contributed by atoms with Crippen molar-refractivity contribution in [1.82, 2.24) is 0 Å². The highest BCUT2D eigenvalue weighted by atomic mass is 79.9. The lowest BCUT2D eigenvalue weighted by molar-refractivity contribution is -0.117. The maximum absolute atomic E-state index is 13.0. The van der Waals surface area contributed by atoms with Gasteiger partial charge < -0.3 is 10.0 Å². The fourth-order valence-corrected chi connectivity index (χ4v) is 2.18. The third-order valence-corrected chi connectivity index (χ3v) is 2.92. The van der Waals surface area contributed by atoms with Gasteiger partial charge in [-0.15, -0.1) is 0 Å². The van der Waals surface area contributed by atoms with E-state index in [0.717, 1.165) is 12.1 Å². The van der Waals surface area contributed by atoms with Gasteiger partial charge in [-0.25, -0.2) is 4.39 Å². The van der Waals surface area contributed by atoms with Gasteiger partial charge in [0.25, 0.3) is 0 Å². The van der Waals surface area contributed by atoms with Crippen molar-refractivity contribution in [3.63, 3.8) is 0 Å². The molecule has 0 aliphatic carbocycles. The van der Waals surface area contributed by atoms with Crippen molar-refractivity contribution >= 4 is 27.5 Å². The molecular formula is C10H9BrFNO2. The van der Waals surface area contributed by atoms with E-state index in [-0.39, 0.29) is 22.2 Å². The largest absolute Gasteiger partial charge is 0.506 e. The minimum atomic E-state index is -0.464. The Balaban J connectivity index is 2.37. The zero-order valence-electron chi connectivity index (χ0n) is 7.78. The van der Waals surface area contributed by atoms with E-state index in [1.807, 2.05) is 0 Å². The number of phenolic OH excluding ortho intramolecular Hbond substituents is 1. The second-order valence-electron chi connectivity index (χ2n) is 3.44. The van der Waals surface area contributed by atoms with Gasteiger partial charge in [-0.1, -0.05) is 15.9 Å². The number of aromatic hydroxyl groups is 1. The average molecular weight is 274 g/mol. The van der Waals surface area contributed by atoms with Crippen LogP contribution in [0.4, 0.5) is 10.1 Å². The van der Waals surface area contributed by atoms with Crippen molar-refractivity contribution < 1.29 is 14.3 Å². The van der Waals surface area contributed by atoms with E-state index in [0.29, 0.717) is 13.0 Å². The first kappa shape index (κ1) is 10.4. The predicted molar refractivity (Wildman–Crippen MR) is 57.7 cm³/mol. The minimum absolute atomic E-state index is 0.0627. The number of phenols is 1. The van der Waals surface area contributed by atoms with Crippen LogP contribution >= 0.6 is 15.9 Å². The van der Waals surface area contributed by atoms with Gasteiger partial charge >= 0.3 is 0 Å². The maximum atomic E-state index is 13.0. The van der Waals surface area contributed by atoms with Gasteiger partial charge in [0.2, 0.25) is 5.91 Å². The molecular weight excluding hydrogens is 265 g/mol. The van der Waals surface area contributed by atoms with Crippen LogP contribution in [0.2, 0.25) is 0 Å². The lowest BCUT2D eigenvalue weighted by Crippen LogP contribution is -2.24. The molecule has 1 aliphatic heterocycles. The van der Waals surface area contributed by atoms with Crippen LogP contribution in [0.1, 0.15) is 6.42 Å². The summed E-state index contributed by atoms with van der Waals surface area (Å²) in [5.74, 6) is -0.655. The predicted octanol–water partition coefficient (Wildman–Crippen LogP) is 2.03. The molecule has 0 saturated carbocycles. The highest BCUT2D eigenvalue weighted by Crippen LogP contribution is 2.32. The Kier molecular flexibility index (Phi) is 2.65. The van der Waals surface area contributed by atoms with E-state index in [2.05, 4.69) is 15.9 Å². The molecule has 5 heteroatoms.